The number of hydrogen-bond acceptors (Lipinski definition) is 9. The molecule has 41 heavy (non-hydrogen) atoms. The van der Waals surface area contributed by atoms with Gasteiger partial charge >= 0.3 is 5.82 Å². The van der Waals surface area contributed by atoms with Crippen LogP contribution >= 0.6 is 11.8 Å². The molecular weight excluding hydrogens is 547 g/mol. The summed E-state index contributed by atoms with van der Waals surface area (Å²) in [5, 5.41) is 12.4. The van der Waals surface area contributed by atoms with Gasteiger partial charge in [-0.25, -0.2) is 9.37 Å². The Hall–Kier alpha value is -4.03. The highest BCUT2D eigenvalue weighted by molar-refractivity contribution is 7.99. The highest BCUT2D eigenvalue weighted by Crippen LogP contribution is 2.38. The summed E-state index contributed by atoms with van der Waals surface area (Å²) in [5.74, 6) is 0.666. The molecule has 0 spiro atoms. The standard InChI is InChI=1S/C29H29FN6O4S/c1-18-10-25-22(12-24(18)30)28(37)23(29-35(25)17-41-29)16-34(14-19-7-8-31-27(11-19)40-2)21-4-3-9-33(15-21)20-5-6-26(32-13-20)36(38)39/h5-8,10-13,21H,3-4,9,14-17H2,1-2H3/t21-/m0/s1. The van der Waals surface area contributed by atoms with Crippen molar-refractivity contribution >= 4 is 34.2 Å². The van der Waals surface area contributed by atoms with E-state index in [1.807, 2.05) is 12.1 Å². The molecule has 0 N–H and O–H groups in total. The van der Waals surface area contributed by atoms with Gasteiger partial charge in [-0.2, -0.15) is 0 Å². The number of pyridine rings is 3. The maximum absolute atomic E-state index is 14.6. The summed E-state index contributed by atoms with van der Waals surface area (Å²) in [5.41, 5.74) is 3.65. The van der Waals surface area contributed by atoms with Crippen LogP contribution in [0.2, 0.25) is 0 Å². The maximum Gasteiger partial charge on any atom is 0.363 e. The largest absolute Gasteiger partial charge is 0.481 e. The van der Waals surface area contributed by atoms with Gasteiger partial charge in [-0.15, -0.1) is 0 Å². The van der Waals surface area contributed by atoms with E-state index >= 15 is 0 Å². The van der Waals surface area contributed by atoms with E-state index in [0.717, 1.165) is 47.1 Å². The lowest BCUT2D eigenvalue weighted by molar-refractivity contribution is -0.389. The number of nitro groups is 1. The van der Waals surface area contributed by atoms with Crippen LogP contribution in [0.5, 0.6) is 5.88 Å². The second kappa shape index (κ2) is 11.1. The fourth-order valence-corrected chi connectivity index (χ4v) is 6.62. The average Bonchev–Trinajstić information content (AvgIpc) is 2.96. The third kappa shape index (κ3) is 5.24. The number of halogens is 1. The van der Waals surface area contributed by atoms with E-state index in [-0.39, 0.29) is 23.1 Å². The van der Waals surface area contributed by atoms with Crippen LogP contribution in [0.15, 0.2) is 58.6 Å². The first-order valence-electron chi connectivity index (χ1n) is 13.4. The lowest BCUT2D eigenvalue weighted by atomic mass is 10.0. The van der Waals surface area contributed by atoms with E-state index in [1.54, 1.807) is 50.3 Å². The van der Waals surface area contributed by atoms with Crippen LogP contribution in [0.25, 0.3) is 10.9 Å². The Kier molecular flexibility index (Phi) is 7.35. The molecule has 6 rings (SSSR count). The topological polar surface area (TPSA) is 107 Å². The predicted octanol–water partition coefficient (Wildman–Crippen LogP) is 4.89. The van der Waals surface area contributed by atoms with Crippen molar-refractivity contribution in [1.29, 1.82) is 0 Å². The van der Waals surface area contributed by atoms with E-state index in [2.05, 4.69) is 24.3 Å². The molecule has 0 bridgehead atoms. The summed E-state index contributed by atoms with van der Waals surface area (Å²) in [4.78, 5) is 37.1. The van der Waals surface area contributed by atoms with Crippen molar-refractivity contribution in [3.8, 4) is 5.88 Å². The van der Waals surface area contributed by atoms with E-state index in [1.165, 1.54) is 12.1 Å². The fraction of sp³-hybridized carbons (Fsp3) is 0.345. The second-order valence-electron chi connectivity index (χ2n) is 10.4. The number of rotatable bonds is 8. The number of ether oxygens (including phenoxy) is 1. The quantitative estimate of drug-likeness (QED) is 0.214. The molecule has 1 aromatic carbocycles. The van der Waals surface area contributed by atoms with Crippen LogP contribution < -0.4 is 15.1 Å². The van der Waals surface area contributed by atoms with E-state index in [0.29, 0.717) is 42.0 Å². The number of thioether (sulfide) groups is 1. The van der Waals surface area contributed by atoms with Gasteiger partial charge < -0.3 is 24.3 Å². The van der Waals surface area contributed by atoms with Crippen molar-refractivity contribution in [1.82, 2.24) is 19.4 Å². The SMILES string of the molecule is COc1cc(CN(Cc2c3n(c4cc(C)c(F)cc4c2=O)CS3)[C@H]2CCCN(c3ccc([N+](=O)[O-])nc3)C2)ccn1. The fourth-order valence-electron chi connectivity index (χ4n) is 5.67. The monoisotopic (exact) mass is 576 g/mol. The molecule has 3 aromatic heterocycles. The maximum atomic E-state index is 14.6. The van der Waals surface area contributed by atoms with Crippen LogP contribution in [0.4, 0.5) is 15.9 Å². The Morgan fingerprint density at radius 3 is 2.78 bits per heavy atom. The van der Waals surface area contributed by atoms with Crippen molar-refractivity contribution in [2.45, 2.75) is 49.8 Å². The molecule has 0 aliphatic carbocycles. The minimum Gasteiger partial charge on any atom is -0.481 e. The van der Waals surface area contributed by atoms with Crippen LogP contribution in [-0.4, -0.2) is 50.6 Å². The van der Waals surface area contributed by atoms with Crippen LogP contribution in [0.3, 0.4) is 0 Å². The van der Waals surface area contributed by atoms with Gasteiger partial charge in [0.05, 0.1) is 29.2 Å². The first-order valence-corrected chi connectivity index (χ1v) is 14.4. The number of methoxy groups -OCH3 is 1. The lowest BCUT2D eigenvalue weighted by Crippen LogP contribution is -2.48. The first kappa shape index (κ1) is 27.2. The minimum absolute atomic E-state index is 0.0775. The van der Waals surface area contributed by atoms with Crippen molar-refractivity contribution < 1.29 is 14.1 Å². The molecule has 2 aliphatic rings. The first-order chi connectivity index (χ1) is 19.8. The molecule has 1 saturated heterocycles. The number of benzene rings is 1. The molecule has 10 nitrogen and oxygen atoms in total. The Morgan fingerprint density at radius 1 is 1.22 bits per heavy atom. The summed E-state index contributed by atoms with van der Waals surface area (Å²) in [7, 11) is 1.58. The summed E-state index contributed by atoms with van der Waals surface area (Å²) in [6, 6.07) is 10.2. The van der Waals surface area contributed by atoms with Gasteiger partial charge in [0.2, 0.25) is 5.88 Å². The third-order valence-electron chi connectivity index (χ3n) is 7.87. The summed E-state index contributed by atoms with van der Waals surface area (Å²) in [6.45, 7) is 4.13. The number of fused-ring (bicyclic) bond motifs is 3. The second-order valence-corrected chi connectivity index (χ2v) is 11.4. The number of aryl methyl sites for hydroxylation is 1. The Balaban J connectivity index is 1.36. The van der Waals surface area contributed by atoms with Crippen LogP contribution in [0, 0.1) is 22.9 Å². The molecule has 0 saturated carbocycles. The van der Waals surface area contributed by atoms with Gasteiger partial charge in [0.25, 0.3) is 0 Å². The van der Waals surface area contributed by atoms with Gasteiger partial charge in [-0.1, -0.05) is 11.8 Å². The van der Waals surface area contributed by atoms with Crippen LogP contribution in [-0.2, 0) is 19.0 Å². The average molecular weight is 577 g/mol. The molecular formula is C29H29FN6O4S. The van der Waals surface area contributed by atoms with Crippen molar-refractivity contribution in [3.05, 3.63) is 91.6 Å². The number of piperidine rings is 1. The van der Waals surface area contributed by atoms with Crippen molar-refractivity contribution in [3.63, 3.8) is 0 Å². The molecule has 1 fully saturated rings. The molecule has 0 amide bonds. The molecule has 0 unspecified atom stereocenters. The molecule has 1 atom stereocenters. The molecule has 0 radical (unpaired) electrons. The number of anilines is 1. The van der Waals surface area contributed by atoms with Crippen molar-refractivity contribution in [2.24, 2.45) is 0 Å². The van der Waals surface area contributed by atoms with E-state index < -0.39 is 4.92 Å². The highest BCUT2D eigenvalue weighted by Gasteiger charge is 2.31. The number of nitrogens with zero attached hydrogens (tertiary/aromatic N) is 6. The summed E-state index contributed by atoms with van der Waals surface area (Å²) in [6.07, 6.45) is 5.08. The van der Waals surface area contributed by atoms with Gasteiger partial charge in [-0.05, 0) is 65.1 Å². The predicted molar refractivity (Wildman–Crippen MR) is 155 cm³/mol. The van der Waals surface area contributed by atoms with E-state index in [4.69, 9.17) is 4.74 Å². The van der Waals surface area contributed by atoms with Gasteiger partial charge in [-0.3, -0.25) is 9.69 Å². The third-order valence-corrected chi connectivity index (χ3v) is 9.00. The minimum atomic E-state index is -0.503. The lowest BCUT2D eigenvalue weighted by Gasteiger charge is -2.40. The summed E-state index contributed by atoms with van der Waals surface area (Å²) >= 11 is 1.64. The van der Waals surface area contributed by atoms with Gasteiger partial charge in [0.15, 0.2) is 11.6 Å². The molecule has 4 aromatic rings. The number of aromatic nitrogens is 3. The highest BCUT2D eigenvalue weighted by atomic mass is 32.2. The normalized spacial score (nSPS) is 16.5. The number of hydrogen-bond donors (Lipinski definition) is 0. The molecule has 2 aliphatic heterocycles. The van der Waals surface area contributed by atoms with Gasteiger partial charge in [0, 0.05) is 61.5 Å². The van der Waals surface area contributed by atoms with Crippen molar-refractivity contribution in [2.75, 3.05) is 25.1 Å². The Labute approximate surface area is 239 Å². The smallest absolute Gasteiger partial charge is 0.363 e. The zero-order valence-corrected chi connectivity index (χ0v) is 23.6. The Bertz CT molecular complexity index is 1700. The molecule has 5 heterocycles. The van der Waals surface area contributed by atoms with Gasteiger partial charge in [0.1, 0.15) is 5.82 Å². The molecule has 212 valence electrons. The van der Waals surface area contributed by atoms with Crippen LogP contribution in [0.1, 0.15) is 29.5 Å². The zero-order valence-electron chi connectivity index (χ0n) is 22.7. The molecule has 12 heteroatoms. The van der Waals surface area contributed by atoms with E-state index in [9.17, 15) is 19.3 Å². The zero-order chi connectivity index (χ0) is 28.7. The summed E-state index contributed by atoms with van der Waals surface area (Å²) < 4.78 is 22.0. The Morgan fingerprint density at radius 2 is 2.07 bits per heavy atom.